The molecule has 0 radical (unpaired) electrons. The normalized spacial score (nSPS) is 12.3. The van der Waals surface area contributed by atoms with E-state index in [0.29, 0.717) is 5.65 Å². The van der Waals surface area contributed by atoms with Crippen LogP contribution >= 0.6 is 0 Å². The molecule has 1 N–H and O–H groups in total. The second-order valence-corrected chi connectivity index (χ2v) is 7.04. The summed E-state index contributed by atoms with van der Waals surface area (Å²) in [6, 6.07) is 14.2. The molecule has 0 bridgehead atoms. The zero-order valence-electron chi connectivity index (χ0n) is 16.0. The minimum absolute atomic E-state index is 0.0144. The monoisotopic (exact) mass is 351 g/mol. The van der Waals surface area contributed by atoms with Crippen molar-refractivity contribution < 1.29 is 4.90 Å². The van der Waals surface area contributed by atoms with Gasteiger partial charge in [-0.2, -0.15) is 0 Å². The highest BCUT2D eigenvalue weighted by Crippen LogP contribution is 2.11. The van der Waals surface area contributed by atoms with Gasteiger partial charge in [-0.1, -0.05) is 18.2 Å². The highest BCUT2D eigenvalue weighted by atomic mass is 16.1. The van der Waals surface area contributed by atoms with Crippen LogP contribution in [0.5, 0.6) is 0 Å². The van der Waals surface area contributed by atoms with Crippen LogP contribution in [0, 0.1) is 6.92 Å². The molecule has 0 saturated carbocycles. The summed E-state index contributed by atoms with van der Waals surface area (Å²) in [5, 5.41) is 0. The Kier molecular flexibility index (Phi) is 5.38. The zero-order valence-corrected chi connectivity index (χ0v) is 16.0. The van der Waals surface area contributed by atoms with Crippen LogP contribution in [0.4, 0.5) is 5.69 Å². The molecule has 0 aliphatic rings. The maximum absolute atomic E-state index is 12.4. The Morgan fingerprint density at radius 3 is 2.46 bits per heavy atom. The van der Waals surface area contributed by atoms with Gasteiger partial charge in [0, 0.05) is 37.6 Å². The number of nitrogens with zero attached hydrogens (tertiary/aromatic N) is 3. The Morgan fingerprint density at radius 1 is 1.08 bits per heavy atom. The van der Waals surface area contributed by atoms with Gasteiger partial charge in [0.25, 0.3) is 5.56 Å². The molecule has 5 heteroatoms. The second-order valence-electron chi connectivity index (χ2n) is 7.04. The van der Waals surface area contributed by atoms with Crippen molar-refractivity contribution in [2.75, 3.05) is 25.5 Å². The van der Waals surface area contributed by atoms with Crippen LogP contribution in [-0.4, -0.2) is 30.0 Å². The Balaban J connectivity index is 1.78. The highest BCUT2D eigenvalue weighted by Gasteiger charge is 2.12. The number of hydrogen-bond acceptors (Lipinski definition) is 3. The van der Waals surface area contributed by atoms with Crippen molar-refractivity contribution in [3.63, 3.8) is 0 Å². The molecule has 0 amide bonds. The maximum atomic E-state index is 12.4. The standard InChI is InChI=1S/C21H26N4O/c1-5-24(14-17-7-9-19(10-8-17)23(3)4)15-18-12-21(26)25-13-16(2)6-11-20(25)22-18/h6-13H,5,14-15H2,1-4H3/p+1. The van der Waals surface area contributed by atoms with E-state index in [1.807, 2.05) is 39.3 Å². The molecule has 3 rings (SSSR count). The van der Waals surface area contributed by atoms with Crippen molar-refractivity contribution in [1.29, 1.82) is 0 Å². The van der Waals surface area contributed by atoms with Gasteiger partial charge in [-0.25, -0.2) is 4.98 Å². The predicted molar refractivity (Wildman–Crippen MR) is 106 cm³/mol. The number of pyridine rings is 1. The van der Waals surface area contributed by atoms with Gasteiger partial charge in [0.05, 0.1) is 6.54 Å². The van der Waals surface area contributed by atoms with E-state index in [1.54, 1.807) is 10.5 Å². The smallest absolute Gasteiger partial charge is 0.258 e. The molecule has 1 aromatic carbocycles. The summed E-state index contributed by atoms with van der Waals surface area (Å²) < 4.78 is 1.62. The third-order valence-corrected chi connectivity index (χ3v) is 4.70. The predicted octanol–water partition coefficient (Wildman–Crippen LogP) is 1.67. The van der Waals surface area contributed by atoms with Crippen LogP contribution in [0.25, 0.3) is 5.65 Å². The number of anilines is 1. The average Bonchev–Trinajstić information content (AvgIpc) is 2.62. The number of aryl methyl sites for hydroxylation is 1. The van der Waals surface area contributed by atoms with E-state index < -0.39 is 0 Å². The van der Waals surface area contributed by atoms with Crippen molar-refractivity contribution in [1.82, 2.24) is 9.38 Å². The van der Waals surface area contributed by atoms with Crippen molar-refractivity contribution in [3.8, 4) is 0 Å². The van der Waals surface area contributed by atoms with Gasteiger partial charge in [0.2, 0.25) is 0 Å². The number of nitrogens with one attached hydrogen (secondary N) is 1. The van der Waals surface area contributed by atoms with Crippen LogP contribution in [0.15, 0.2) is 53.5 Å². The summed E-state index contributed by atoms with van der Waals surface area (Å²) in [4.78, 5) is 20.5. The molecule has 2 heterocycles. The van der Waals surface area contributed by atoms with Crippen LogP contribution in [0.1, 0.15) is 23.7 Å². The van der Waals surface area contributed by atoms with E-state index in [9.17, 15) is 4.79 Å². The van der Waals surface area contributed by atoms with Gasteiger partial charge >= 0.3 is 0 Å². The van der Waals surface area contributed by atoms with Gasteiger partial charge < -0.3 is 9.80 Å². The van der Waals surface area contributed by atoms with E-state index >= 15 is 0 Å². The Labute approximate surface area is 154 Å². The molecule has 1 atom stereocenters. The second kappa shape index (κ2) is 7.70. The fourth-order valence-electron chi connectivity index (χ4n) is 3.12. The number of fused-ring (bicyclic) bond motifs is 1. The number of hydrogen-bond donors (Lipinski definition) is 1. The first-order valence-electron chi connectivity index (χ1n) is 9.05. The molecule has 2 aromatic heterocycles. The summed E-state index contributed by atoms with van der Waals surface area (Å²) in [7, 11) is 4.09. The molecular weight excluding hydrogens is 324 g/mol. The molecule has 5 nitrogen and oxygen atoms in total. The van der Waals surface area contributed by atoms with Crippen LogP contribution in [0.3, 0.4) is 0 Å². The lowest BCUT2D eigenvalue weighted by Crippen LogP contribution is -3.09. The molecule has 26 heavy (non-hydrogen) atoms. The van der Waals surface area contributed by atoms with Gasteiger partial charge in [-0.3, -0.25) is 9.20 Å². The molecule has 136 valence electrons. The van der Waals surface area contributed by atoms with E-state index in [4.69, 9.17) is 0 Å². The lowest BCUT2D eigenvalue weighted by molar-refractivity contribution is -0.926. The van der Waals surface area contributed by atoms with Crippen molar-refractivity contribution in [3.05, 3.63) is 75.8 Å². The first kappa shape index (κ1) is 18.1. The topological polar surface area (TPSA) is 42.0 Å². The minimum atomic E-state index is -0.0144. The summed E-state index contributed by atoms with van der Waals surface area (Å²) in [5.74, 6) is 0. The molecule has 0 aliphatic carbocycles. The summed E-state index contributed by atoms with van der Waals surface area (Å²) in [6.45, 7) is 6.78. The zero-order chi connectivity index (χ0) is 18.7. The largest absolute Gasteiger partial charge is 0.378 e. The molecule has 0 saturated heterocycles. The summed E-state index contributed by atoms with van der Waals surface area (Å²) in [5.41, 5.74) is 5.09. The van der Waals surface area contributed by atoms with E-state index in [2.05, 4.69) is 41.1 Å². The molecular formula is C21H27N4O+. The number of rotatable bonds is 6. The Hall–Kier alpha value is -2.66. The molecule has 0 aliphatic heterocycles. The average molecular weight is 351 g/mol. The maximum Gasteiger partial charge on any atom is 0.258 e. The molecule has 1 unspecified atom stereocenters. The van der Waals surface area contributed by atoms with Gasteiger partial charge in [-0.05, 0) is 37.6 Å². The van der Waals surface area contributed by atoms with E-state index in [-0.39, 0.29) is 5.56 Å². The van der Waals surface area contributed by atoms with Gasteiger partial charge in [0.15, 0.2) is 0 Å². The van der Waals surface area contributed by atoms with Crippen LogP contribution in [-0.2, 0) is 13.1 Å². The van der Waals surface area contributed by atoms with Crippen molar-refractivity contribution in [2.24, 2.45) is 0 Å². The molecule has 3 aromatic rings. The quantitative estimate of drug-likeness (QED) is 0.735. The lowest BCUT2D eigenvalue weighted by atomic mass is 10.2. The first-order chi connectivity index (χ1) is 12.5. The Morgan fingerprint density at radius 2 is 1.81 bits per heavy atom. The highest BCUT2D eigenvalue weighted by molar-refractivity contribution is 5.45. The first-order valence-corrected chi connectivity index (χ1v) is 9.05. The van der Waals surface area contributed by atoms with Gasteiger partial charge in [0.1, 0.15) is 24.4 Å². The molecule has 0 fully saturated rings. The lowest BCUT2D eigenvalue weighted by Gasteiger charge is -2.18. The number of aromatic nitrogens is 2. The van der Waals surface area contributed by atoms with Crippen LogP contribution in [0.2, 0.25) is 0 Å². The minimum Gasteiger partial charge on any atom is -0.378 e. The fourth-order valence-corrected chi connectivity index (χ4v) is 3.12. The Bertz CT molecular complexity index is 944. The SMILES string of the molecule is CC[NH+](Cc1ccc(N(C)C)cc1)Cc1cc(=O)n2cc(C)ccc2n1. The number of benzene rings is 1. The van der Waals surface area contributed by atoms with E-state index in [0.717, 1.165) is 30.9 Å². The van der Waals surface area contributed by atoms with E-state index in [1.165, 1.54) is 16.2 Å². The summed E-state index contributed by atoms with van der Waals surface area (Å²) in [6.07, 6.45) is 1.84. The van der Waals surface area contributed by atoms with Crippen molar-refractivity contribution in [2.45, 2.75) is 26.9 Å². The van der Waals surface area contributed by atoms with Crippen molar-refractivity contribution >= 4 is 11.3 Å². The summed E-state index contributed by atoms with van der Waals surface area (Å²) >= 11 is 0. The van der Waals surface area contributed by atoms with Gasteiger partial charge in [-0.15, -0.1) is 0 Å². The molecule has 0 spiro atoms. The fraction of sp³-hybridized carbons (Fsp3) is 0.333. The number of quaternary nitrogens is 1. The van der Waals surface area contributed by atoms with Crippen LogP contribution < -0.4 is 15.4 Å². The third-order valence-electron chi connectivity index (χ3n) is 4.70. The third kappa shape index (κ3) is 4.11.